The number of pyridine rings is 1. The Morgan fingerprint density at radius 2 is 2.00 bits per heavy atom. The monoisotopic (exact) mass is 392 g/mol. The van der Waals surface area contributed by atoms with Crippen molar-refractivity contribution in [2.24, 2.45) is 0 Å². The summed E-state index contributed by atoms with van der Waals surface area (Å²) >= 11 is 0. The maximum Gasteiger partial charge on any atom is 0.266 e. The summed E-state index contributed by atoms with van der Waals surface area (Å²) in [5, 5.41) is 17.6. The van der Waals surface area contributed by atoms with Crippen LogP contribution in [-0.2, 0) is 0 Å². The predicted octanol–water partition coefficient (Wildman–Crippen LogP) is 3.43. The molecule has 2 aromatic carbocycles. The van der Waals surface area contributed by atoms with Crippen molar-refractivity contribution in [1.82, 2.24) is 14.8 Å². The molecule has 0 aliphatic heterocycles. The molecule has 0 aliphatic carbocycles. The van der Waals surface area contributed by atoms with Gasteiger partial charge in [0.1, 0.15) is 22.8 Å². The molecule has 3 N–H and O–H groups in total. The van der Waals surface area contributed by atoms with Crippen LogP contribution < -0.4 is 10.9 Å². The standard InChI is InChI=1S/C21H17FN4O3/c1-11-4-3-5-14(8-11)26-19-15(10-23-26)18(27)17(21(29)25-19)20(28)24-13-6-7-16(22)12(2)9-13/h3-10H,1-2H3,(H,24,28)(H2,25,27,29). The number of carbonyl (C=O) groups excluding carboxylic acids is 1. The van der Waals surface area contributed by atoms with Crippen LogP contribution in [0.3, 0.4) is 0 Å². The van der Waals surface area contributed by atoms with Crippen molar-refractivity contribution >= 4 is 22.6 Å². The van der Waals surface area contributed by atoms with Crippen LogP contribution in [0.15, 0.2) is 53.5 Å². The third-order valence-corrected chi connectivity index (χ3v) is 4.61. The number of hydrogen-bond acceptors (Lipinski definition) is 4. The molecule has 2 aromatic heterocycles. The summed E-state index contributed by atoms with van der Waals surface area (Å²) in [6, 6.07) is 11.5. The third-order valence-electron chi connectivity index (χ3n) is 4.61. The molecule has 29 heavy (non-hydrogen) atoms. The molecule has 0 fully saturated rings. The summed E-state index contributed by atoms with van der Waals surface area (Å²) in [6.45, 7) is 3.48. The van der Waals surface area contributed by atoms with Gasteiger partial charge in [0.05, 0.1) is 17.3 Å². The van der Waals surface area contributed by atoms with Crippen molar-refractivity contribution < 1.29 is 14.3 Å². The van der Waals surface area contributed by atoms with Crippen LogP contribution in [-0.4, -0.2) is 25.8 Å². The summed E-state index contributed by atoms with van der Waals surface area (Å²) in [6.07, 6.45) is 1.38. The van der Waals surface area contributed by atoms with E-state index in [0.717, 1.165) is 5.56 Å². The van der Waals surface area contributed by atoms with Gasteiger partial charge in [-0.15, -0.1) is 0 Å². The molecular weight excluding hydrogens is 375 g/mol. The van der Waals surface area contributed by atoms with Gasteiger partial charge in [0.15, 0.2) is 0 Å². The van der Waals surface area contributed by atoms with Gasteiger partial charge in [0.2, 0.25) is 0 Å². The number of carbonyl (C=O) groups is 1. The van der Waals surface area contributed by atoms with Gasteiger partial charge in [0.25, 0.3) is 11.5 Å². The van der Waals surface area contributed by atoms with Crippen molar-refractivity contribution in [3.63, 3.8) is 0 Å². The Kier molecular flexibility index (Phi) is 4.38. The Morgan fingerprint density at radius 3 is 2.72 bits per heavy atom. The van der Waals surface area contributed by atoms with Crippen molar-refractivity contribution in [2.75, 3.05) is 5.32 Å². The van der Waals surface area contributed by atoms with Crippen LogP contribution in [0, 0.1) is 19.7 Å². The Hall–Kier alpha value is -3.94. The van der Waals surface area contributed by atoms with E-state index in [1.807, 2.05) is 31.2 Å². The number of halogens is 1. The lowest BCUT2D eigenvalue weighted by atomic mass is 10.1. The molecule has 4 aromatic rings. The van der Waals surface area contributed by atoms with Crippen LogP contribution in [0.4, 0.5) is 10.1 Å². The van der Waals surface area contributed by atoms with Gasteiger partial charge in [-0.1, -0.05) is 12.1 Å². The zero-order chi connectivity index (χ0) is 20.7. The van der Waals surface area contributed by atoms with Gasteiger partial charge in [-0.2, -0.15) is 5.10 Å². The first-order valence-electron chi connectivity index (χ1n) is 8.82. The number of aryl methyl sites for hydroxylation is 2. The molecule has 1 amide bonds. The normalized spacial score (nSPS) is 11.0. The second-order valence-corrected chi connectivity index (χ2v) is 6.75. The van der Waals surface area contributed by atoms with Gasteiger partial charge >= 0.3 is 0 Å². The lowest BCUT2D eigenvalue weighted by Crippen LogP contribution is -2.23. The van der Waals surface area contributed by atoms with Gasteiger partial charge in [0, 0.05) is 5.69 Å². The van der Waals surface area contributed by atoms with E-state index in [1.54, 1.807) is 6.92 Å². The van der Waals surface area contributed by atoms with E-state index in [4.69, 9.17) is 0 Å². The van der Waals surface area contributed by atoms with E-state index in [9.17, 15) is 19.1 Å². The summed E-state index contributed by atoms with van der Waals surface area (Å²) in [5.41, 5.74) is 1.42. The number of rotatable bonds is 3. The number of H-pyrrole nitrogens is 1. The number of aromatic nitrogens is 3. The van der Waals surface area contributed by atoms with Gasteiger partial charge < -0.3 is 15.4 Å². The summed E-state index contributed by atoms with van der Waals surface area (Å²) in [4.78, 5) is 27.8. The number of hydrogen-bond donors (Lipinski definition) is 3. The molecule has 0 atom stereocenters. The molecule has 0 unspecified atom stereocenters. The molecule has 0 radical (unpaired) electrons. The number of fused-ring (bicyclic) bond motifs is 1. The molecule has 4 rings (SSSR count). The van der Waals surface area contributed by atoms with E-state index in [2.05, 4.69) is 15.4 Å². The molecular formula is C21H17FN4O3. The Balaban J connectivity index is 1.77. The maximum absolute atomic E-state index is 13.4. The number of nitrogens with zero attached hydrogens (tertiary/aromatic N) is 2. The topological polar surface area (TPSA) is 100 Å². The average Bonchev–Trinajstić information content (AvgIpc) is 3.09. The van der Waals surface area contributed by atoms with Crippen molar-refractivity contribution in [3.8, 4) is 11.4 Å². The summed E-state index contributed by atoms with van der Waals surface area (Å²) in [5.74, 6) is -1.69. The number of aromatic hydroxyl groups is 1. The first-order valence-corrected chi connectivity index (χ1v) is 8.82. The minimum atomic E-state index is -0.806. The van der Waals surface area contributed by atoms with E-state index in [1.165, 1.54) is 29.1 Å². The fourth-order valence-corrected chi connectivity index (χ4v) is 3.14. The van der Waals surface area contributed by atoms with Gasteiger partial charge in [-0.05, 0) is 55.3 Å². The van der Waals surface area contributed by atoms with Crippen LogP contribution in [0.1, 0.15) is 21.5 Å². The zero-order valence-electron chi connectivity index (χ0n) is 15.7. The Bertz CT molecular complexity index is 1320. The predicted molar refractivity (Wildman–Crippen MR) is 107 cm³/mol. The molecule has 0 spiro atoms. The number of nitrogens with one attached hydrogen (secondary N) is 2. The molecule has 0 saturated carbocycles. The Labute approximate surface area is 164 Å². The minimum Gasteiger partial charge on any atom is -0.506 e. The second kappa shape index (κ2) is 6.90. The van der Waals surface area contributed by atoms with E-state index < -0.39 is 28.6 Å². The fraction of sp³-hybridized carbons (Fsp3) is 0.0952. The zero-order valence-corrected chi connectivity index (χ0v) is 15.7. The highest BCUT2D eigenvalue weighted by molar-refractivity contribution is 6.08. The van der Waals surface area contributed by atoms with Crippen LogP contribution in [0.2, 0.25) is 0 Å². The quantitative estimate of drug-likeness (QED) is 0.497. The van der Waals surface area contributed by atoms with Gasteiger partial charge in [-0.25, -0.2) is 9.07 Å². The molecule has 8 heteroatoms. The van der Waals surface area contributed by atoms with Gasteiger partial charge in [-0.3, -0.25) is 9.59 Å². The van der Waals surface area contributed by atoms with Crippen LogP contribution in [0.5, 0.6) is 5.75 Å². The molecule has 146 valence electrons. The van der Waals surface area contributed by atoms with Crippen LogP contribution in [0.25, 0.3) is 16.7 Å². The van der Waals surface area contributed by atoms with E-state index >= 15 is 0 Å². The Morgan fingerprint density at radius 1 is 1.21 bits per heavy atom. The molecule has 0 saturated heterocycles. The van der Waals surface area contributed by atoms with E-state index in [0.29, 0.717) is 16.9 Å². The fourth-order valence-electron chi connectivity index (χ4n) is 3.14. The van der Waals surface area contributed by atoms with E-state index in [-0.39, 0.29) is 11.0 Å². The molecule has 0 bridgehead atoms. The smallest absolute Gasteiger partial charge is 0.266 e. The number of anilines is 1. The highest BCUT2D eigenvalue weighted by atomic mass is 19.1. The lowest BCUT2D eigenvalue weighted by Gasteiger charge is -2.09. The average molecular weight is 392 g/mol. The van der Waals surface area contributed by atoms with Crippen molar-refractivity contribution in [1.29, 1.82) is 0 Å². The van der Waals surface area contributed by atoms with Crippen molar-refractivity contribution in [3.05, 3.63) is 81.5 Å². The number of aromatic amines is 1. The van der Waals surface area contributed by atoms with Crippen LogP contribution >= 0.6 is 0 Å². The number of amides is 1. The largest absolute Gasteiger partial charge is 0.506 e. The molecule has 7 nitrogen and oxygen atoms in total. The number of benzene rings is 2. The first-order chi connectivity index (χ1) is 13.8. The van der Waals surface area contributed by atoms with Crippen molar-refractivity contribution in [2.45, 2.75) is 13.8 Å². The SMILES string of the molecule is Cc1cccc(-n2ncc3c(O)c(C(=O)Nc4ccc(F)c(C)c4)c(=O)[nH]c32)c1. The third kappa shape index (κ3) is 3.25. The molecule has 2 heterocycles. The second-order valence-electron chi connectivity index (χ2n) is 6.75. The lowest BCUT2D eigenvalue weighted by molar-refractivity contribution is 0.102. The molecule has 0 aliphatic rings. The maximum atomic E-state index is 13.4. The highest BCUT2D eigenvalue weighted by Crippen LogP contribution is 2.27. The first kappa shape index (κ1) is 18.4. The summed E-state index contributed by atoms with van der Waals surface area (Å²) in [7, 11) is 0. The highest BCUT2D eigenvalue weighted by Gasteiger charge is 2.22. The minimum absolute atomic E-state index is 0.228. The summed E-state index contributed by atoms with van der Waals surface area (Å²) < 4.78 is 14.9.